The minimum atomic E-state index is 0.0518. The van der Waals surface area contributed by atoms with Crippen LogP contribution in [0.3, 0.4) is 0 Å². The lowest BCUT2D eigenvalue weighted by molar-refractivity contribution is -0.116. The maximum Gasteiger partial charge on any atom is 0.224 e. The van der Waals surface area contributed by atoms with E-state index in [-0.39, 0.29) is 5.91 Å². The molecule has 0 radical (unpaired) electrons. The van der Waals surface area contributed by atoms with Crippen molar-refractivity contribution in [1.82, 2.24) is 15.2 Å². The van der Waals surface area contributed by atoms with Gasteiger partial charge in [0.2, 0.25) is 5.91 Å². The topological polar surface area (TPSA) is 67.8 Å². The third-order valence-electron chi connectivity index (χ3n) is 2.79. The average Bonchev–Trinajstić information content (AvgIpc) is 2.38. The lowest BCUT2D eigenvalue weighted by atomic mass is 10.0. The second kappa shape index (κ2) is 4.34. The maximum atomic E-state index is 11.3. The lowest BCUT2D eigenvalue weighted by Gasteiger charge is -2.17. The third-order valence-corrected chi connectivity index (χ3v) is 2.97. The van der Waals surface area contributed by atoms with Crippen LogP contribution < -0.4 is 5.32 Å². The standard InChI is InChI=1S/C12H9ClN4O/c13-10-6-14-17-12(16-10)8-1-3-9-7(5-8)2-4-11(18)15-9/h1,3,5-6H,2,4H2,(H,15,18). The van der Waals surface area contributed by atoms with E-state index in [1.807, 2.05) is 18.2 Å². The zero-order valence-electron chi connectivity index (χ0n) is 9.35. The zero-order valence-corrected chi connectivity index (χ0v) is 10.1. The summed E-state index contributed by atoms with van der Waals surface area (Å²) in [6.45, 7) is 0. The van der Waals surface area contributed by atoms with Gasteiger partial charge in [-0.15, -0.1) is 5.10 Å². The van der Waals surface area contributed by atoms with Gasteiger partial charge in [0.25, 0.3) is 0 Å². The minimum absolute atomic E-state index is 0.0518. The molecule has 1 aromatic carbocycles. The van der Waals surface area contributed by atoms with Gasteiger partial charge in [0.1, 0.15) is 0 Å². The number of aryl methyl sites for hydroxylation is 1. The van der Waals surface area contributed by atoms with Crippen LogP contribution in [0.2, 0.25) is 5.15 Å². The summed E-state index contributed by atoms with van der Waals surface area (Å²) in [5, 5.41) is 10.9. The number of rotatable bonds is 1. The first kappa shape index (κ1) is 11.1. The second-order valence-corrected chi connectivity index (χ2v) is 4.41. The fourth-order valence-corrected chi connectivity index (χ4v) is 2.05. The van der Waals surface area contributed by atoms with Crippen molar-refractivity contribution in [1.29, 1.82) is 0 Å². The van der Waals surface area contributed by atoms with Crippen molar-refractivity contribution in [2.45, 2.75) is 12.8 Å². The van der Waals surface area contributed by atoms with Crippen molar-refractivity contribution < 1.29 is 4.79 Å². The number of hydrogen-bond acceptors (Lipinski definition) is 4. The molecule has 0 saturated heterocycles. The Hall–Kier alpha value is -2.01. The van der Waals surface area contributed by atoms with Crippen molar-refractivity contribution in [3.8, 4) is 11.4 Å². The van der Waals surface area contributed by atoms with E-state index >= 15 is 0 Å². The van der Waals surface area contributed by atoms with Crippen LogP contribution in [-0.2, 0) is 11.2 Å². The van der Waals surface area contributed by atoms with Crippen molar-refractivity contribution in [3.05, 3.63) is 35.1 Å². The Morgan fingerprint density at radius 3 is 3.00 bits per heavy atom. The van der Waals surface area contributed by atoms with Crippen LogP contribution in [0.15, 0.2) is 24.4 Å². The predicted molar refractivity (Wildman–Crippen MR) is 67.2 cm³/mol. The molecule has 6 heteroatoms. The molecular formula is C12H9ClN4O. The van der Waals surface area contributed by atoms with Gasteiger partial charge in [0.05, 0.1) is 6.20 Å². The van der Waals surface area contributed by atoms with Crippen molar-refractivity contribution in [2.75, 3.05) is 5.32 Å². The molecule has 3 rings (SSSR count). The lowest BCUT2D eigenvalue weighted by Crippen LogP contribution is -2.18. The van der Waals surface area contributed by atoms with Crippen LogP contribution in [0, 0.1) is 0 Å². The molecule has 90 valence electrons. The van der Waals surface area contributed by atoms with Crippen LogP contribution in [0.5, 0.6) is 0 Å². The van der Waals surface area contributed by atoms with Crippen LogP contribution in [-0.4, -0.2) is 21.1 Å². The fraction of sp³-hybridized carbons (Fsp3) is 0.167. The number of nitrogens with zero attached hydrogens (tertiary/aromatic N) is 3. The van der Waals surface area contributed by atoms with E-state index in [1.165, 1.54) is 6.20 Å². The summed E-state index contributed by atoms with van der Waals surface area (Å²) in [4.78, 5) is 15.4. The van der Waals surface area contributed by atoms with Gasteiger partial charge in [-0.05, 0) is 30.2 Å². The van der Waals surface area contributed by atoms with E-state index in [2.05, 4.69) is 20.5 Å². The van der Waals surface area contributed by atoms with Crippen LogP contribution in [0.25, 0.3) is 11.4 Å². The van der Waals surface area contributed by atoms with Gasteiger partial charge >= 0.3 is 0 Å². The van der Waals surface area contributed by atoms with E-state index in [0.29, 0.717) is 17.4 Å². The van der Waals surface area contributed by atoms with Gasteiger partial charge in [-0.25, -0.2) is 4.98 Å². The highest BCUT2D eigenvalue weighted by Gasteiger charge is 2.15. The number of carbonyl (C=O) groups excluding carboxylic acids is 1. The predicted octanol–water partition coefficient (Wildman–Crippen LogP) is 2.08. The van der Waals surface area contributed by atoms with Crippen molar-refractivity contribution >= 4 is 23.2 Å². The highest BCUT2D eigenvalue weighted by molar-refractivity contribution is 6.29. The number of hydrogen-bond donors (Lipinski definition) is 1. The third kappa shape index (κ3) is 2.04. The Morgan fingerprint density at radius 1 is 1.28 bits per heavy atom. The number of halogens is 1. The Bertz CT molecular complexity index is 629. The number of amides is 1. The number of fused-ring (bicyclic) bond motifs is 1. The second-order valence-electron chi connectivity index (χ2n) is 4.02. The van der Waals surface area contributed by atoms with E-state index in [0.717, 1.165) is 23.2 Å². The Balaban J connectivity index is 2.02. The molecule has 0 spiro atoms. The maximum absolute atomic E-state index is 11.3. The molecule has 0 fully saturated rings. The van der Waals surface area contributed by atoms with Gasteiger partial charge < -0.3 is 5.32 Å². The summed E-state index contributed by atoms with van der Waals surface area (Å²) in [6.07, 6.45) is 2.62. The molecular weight excluding hydrogens is 252 g/mol. The number of carbonyl (C=O) groups is 1. The number of aromatic nitrogens is 3. The first-order valence-corrected chi connectivity index (χ1v) is 5.88. The highest BCUT2D eigenvalue weighted by Crippen LogP contribution is 2.27. The largest absolute Gasteiger partial charge is 0.326 e. The molecule has 0 aliphatic carbocycles. The van der Waals surface area contributed by atoms with Crippen LogP contribution in [0.4, 0.5) is 5.69 Å². The summed E-state index contributed by atoms with van der Waals surface area (Å²) in [5.74, 6) is 0.540. The van der Waals surface area contributed by atoms with Crippen LogP contribution >= 0.6 is 11.6 Å². The Morgan fingerprint density at radius 2 is 2.17 bits per heavy atom. The molecule has 18 heavy (non-hydrogen) atoms. The van der Waals surface area contributed by atoms with E-state index in [1.54, 1.807) is 0 Å². The SMILES string of the molecule is O=C1CCc2cc(-c3nncc(Cl)n3)ccc2N1. The molecule has 1 aliphatic heterocycles. The summed E-state index contributed by atoms with van der Waals surface area (Å²) in [6, 6.07) is 5.66. The quantitative estimate of drug-likeness (QED) is 0.852. The van der Waals surface area contributed by atoms with Crippen molar-refractivity contribution in [3.63, 3.8) is 0 Å². The van der Waals surface area contributed by atoms with Crippen molar-refractivity contribution in [2.24, 2.45) is 0 Å². The molecule has 0 unspecified atom stereocenters. The first-order valence-electron chi connectivity index (χ1n) is 5.51. The molecule has 0 saturated carbocycles. The summed E-state index contributed by atoms with van der Waals surface area (Å²) in [5.41, 5.74) is 2.78. The van der Waals surface area contributed by atoms with Gasteiger partial charge in [0.15, 0.2) is 11.0 Å². The van der Waals surface area contributed by atoms with E-state index in [9.17, 15) is 4.79 Å². The monoisotopic (exact) mass is 260 g/mol. The summed E-state index contributed by atoms with van der Waals surface area (Å²) < 4.78 is 0. The van der Waals surface area contributed by atoms with E-state index in [4.69, 9.17) is 11.6 Å². The molecule has 1 amide bonds. The number of nitrogens with one attached hydrogen (secondary N) is 1. The normalized spacial score (nSPS) is 13.9. The molecule has 1 aromatic heterocycles. The molecule has 5 nitrogen and oxygen atoms in total. The molecule has 0 bridgehead atoms. The summed E-state index contributed by atoms with van der Waals surface area (Å²) in [7, 11) is 0. The fourth-order valence-electron chi connectivity index (χ4n) is 1.93. The Kier molecular flexibility index (Phi) is 2.68. The first-order chi connectivity index (χ1) is 8.72. The average molecular weight is 261 g/mol. The van der Waals surface area contributed by atoms with Gasteiger partial charge in [0, 0.05) is 17.7 Å². The number of benzene rings is 1. The van der Waals surface area contributed by atoms with Gasteiger partial charge in [-0.3, -0.25) is 4.79 Å². The molecule has 1 N–H and O–H groups in total. The van der Waals surface area contributed by atoms with Gasteiger partial charge in [-0.1, -0.05) is 11.6 Å². The molecule has 2 heterocycles. The molecule has 2 aromatic rings. The van der Waals surface area contributed by atoms with E-state index < -0.39 is 0 Å². The molecule has 1 aliphatic rings. The minimum Gasteiger partial charge on any atom is -0.326 e. The highest BCUT2D eigenvalue weighted by atomic mass is 35.5. The smallest absolute Gasteiger partial charge is 0.224 e. The molecule has 0 atom stereocenters. The Labute approximate surface area is 108 Å². The zero-order chi connectivity index (χ0) is 12.5. The van der Waals surface area contributed by atoms with Gasteiger partial charge in [-0.2, -0.15) is 5.10 Å². The summed E-state index contributed by atoms with van der Waals surface area (Å²) >= 11 is 5.79. The number of anilines is 1. The van der Waals surface area contributed by atoms with Crippen LogP contribution in [0.1, 0.15) is 12.0 Å².